The van der Waals surface area contributed by atoms with E-state index in [0.717, 1.165) is 12.8 Å². The fourth-order valence-corrected chi connectivity index (χ4v) is 0.734. The molecule has 0 saturated carbocycles. The summed E-state index contributed by atoms with van der Waals surface area (Å²) in [6, 6.07) is 0. The topological polar surface area (TPSA) is 0 Å². The quantitative estimate of drug-likeness (QED) is 0.411. The molecule has 34 valence electrons. The Morgan fingerprint density at radius 1 is 1.83 bits per heavy atom. The van der Waals surface area contributed by atoms with Gasteiger partial charge in [0.05, 0.1) is 7.85 Å². The maximum Gasteiger partial charge on any atom is 0.0854 e. The molecule has 0 nitrogen and oxygen atoms in total. The summed E-state index contributed by atoms with van der Waals surface area (Å²) in [6.45, 7) is 2.11. The van der Waals surface area contributed by atoms with E-state index in [-0.39, 0.29) is 4.73 Å². The van der Waals surface area contributed by atoms with Crippen LogP contribution in [0.2, 0.25) is 0 Å². The lowest BCUT2D eigenvalue weighted by molar-refractivity contribution is 0.871. The molecule has 0 aromatic carbocycles. The molecule has 0 aliphatic heterocycles. The Bertz CT molecular complexity index is 28.7. The van der Waals surface area contributed by atoms with Crippen LogP contribution in [-0.4, -0.2) is 12.6 Å². The molecule has 0 N–H and O–H groups in total. The predicted molar refractivity (Wildman–Crippen MR) is 33.4 cm³/mol. The van der Waals surface area contributed by atoms with Crippen molar-refractivity contribution in [1.29, 1.82) is 0 Å². The van der Waals surface area contributed by atoms with Gasteiger partial charge in [-0.1, -0.05) is 29.3 Å². The summed E-state index contributed by atoms with van der Waals surface area (Å²) in [5.74, 6) is 0. The summed E-state index contributed by atoms with van der Waals surface area (Å²) >= 11 is 3.21. The summed E-state index contributed by atoms with van der Waals surface area (Å²) in [5.41, 5.74) is 0. The number of hydrogen-bond donors (Lipinski definition) is 0. The zero-order valence-corrected chi connectivity index (χ0v) is 5.53. The van der Waals surface area contributed by atoms with Crippen molar-refractivity contribution in [2.45, 2.75) is 24.5 Å². The summed E-state index contributed by atoms with van der Waals surface area (Å²) < 4.78 is 0.211. The van der Waals surface area contributed by atoms with Crippen LogP contribution in [0.5, 0.6) is 0 Å². The highest BCUT2D eigenvalue weighted by molar-refractivity contribution is 9.10. The van der Waals surface area contributed by atoms with E-state index in [9.17, 15) is 0 Å². The van der Waals surface area contributed by atoms with Gasteiger partial charge >= 0.3 is 0 Å². The van der Waals surface area contributed by atoms with Gasteiger partial charge in [0.1, 0.15) is 0 Å². The fourth-order valence-electron chi connectivity index (χ4n) is 0.276. The van der Waals surface area contributed by atoms with Crippen molar-refractivity contribution in [3.8, 4) is 0 Å². The van der Waals surface area contributed by atoms with Crippen LogP contribution in [0.1, 0.15) is 19.8 Å². The van der Waals surface area contributed by atoms with Gasteiger partial charge in [0.2, 0.25) is 0 Å². The van der Waals surface area contributed by atoms with Crippen LogP contribution < -0.4 is 0 Å². The van der Waals surface area contributed by atoms with E-state index >= 15 is 0 Å². The third-order valence-corrected chi connectivity index (χ3v) is 1.02. The Labute approximate surface area is 48.9 Å². The first-order valence-electron chi connectivity index (χ1n) is 2.17. The summed E-state index contributed by atoms with van der Waals surface area (Å²) in [5, 5.41) is 0. The van der Waals surface area contributed by atoms with Crippen molar-refractivity contribution in [2.24, 2.45) is 0 Å². The molecule has 0 aromatic heterocycles. The first kappa shape index (κ1) is 6.54. The minimum absolute atomic E-state index is 0.211. The molecule has 0 fully saturated rings. The molecule has 0 heterocycles. The van der Waals surface area contributed by atoms with Crippen LogP contribution in [0.25, 0.3) is 0 Å². The third-order valence-electron chi connectivity index (χ3n) is 0.564. The van der Waals surface area contributed by atoms with Gasteiger partial charge in [0.25, 0.3) is 0 Å². The highest BCUT2D eigenvalue weighted by atomic mass is 79.9. The molecule has 1 unspecified atom stereocenters. The van der Waals surface area contributed by atoms with Gasteiger partial charge in [-0.15, -0.1) is 0 Å². The number of hydrogen-bond acceptors (Lipinski definition) is 0. The normalized spacial score (nSPS) is 14.3. The first-order valence-corrected chi connectivity index (χ1v) is 3.08. The molecule has 0 rings (SSSR count). The lowest BCUT2D eigenvalue weighted by Crippen LogP contribution is -1.92. The van der Waals surface area contributed by atoms with Gasteiger partial charge in [-0.3, -0.25) is 0 Å². The fraction of sp³-hybridized carbons (Fsp3) is 1.00. The van der Waals surface area contributed by atoms with E-state index in [2.05, 4.69) is 22.9 Å². The second-order valence-electron chi connectivity index (χ2n) is 1.30. The summed E-state index contributed by atoms with van der Waals surface area (Å²) in [7, 11) is 5.32. The minimum atomic E-state index is 0.211. The van der Waals surface area contributed by atoms with Crippen LogP contribution in [0, 0.1) is 0 Å². The second kappa shape index (κ2) is 3.73. The van der Waals surface area contributed by atoms with Crippen LogP contribution in [-0.2, 0) is 0 Å². The molecule has 0 aliphatic carbocycles. The molecule has 2 heteroatoms. The lowest BCUT2D eigenvalue weighted by Gasteiger charge is -1.94. The molecule has 0 amide bonds. The second-order valence-corrected chi connectivity index (χ2v) is 2.48. The molecule has 6 heavy (non-hydrogen) atoms. The molecule has 0 saturated heterocycles. The molecule has 0 aromatic rings. The van der Waals surface area contributed by atoms with Gasteiger partial charge in [-0.25, -0.2) is 0 Å². The first-order chi connectivity index (χ1) is 2.77. The third kappa shape index (κ3) is 4.54. The van der Waals surface area contributed by atoms with E-state index < -0.39 is 0 Å². The number of alkyl halides is 1. The standard InChI is InChI=1S/C4H8BBr/c1-2-3-4(5)6/h4H,2-3H2,1H3. The Morgan fingerprint density at radius 2 is 2.33 bits per heavy atom. The Hall–Kier alpha value is 0.545. The van der Waals surface area contributed by atoms with Crippen molar-refractivity contribution >= 4 is 23.8 Å². The van der Waals surface area contributed by atoms with Crippen molar-refractivity contribution < 1.29 is 0 Å². The van der Waals surface area contributed by atoms with Crippen LogP contribution in [0.15, 0.2) is 0 Å². The summed E-state index contributed by atoms with van der Waals surface area (Å²) in [6.07, 6.45) is 2.23. The SMILES string of the molecule is [B]C(Br)CCC. The molecular weight excluding hydrogens is 139 g/mol. The van der Waals surface area contributed by atoms with E-state index in [1.807, 2.05) is 0 Å². The zero-order chi connectivity index (χ0) is 4.99. The van der Waals surface area contributed by atoms with Gasteiger partial charge in [-0.05, 0) is 11.1 Å². The maximum absolute atomic E-state index is 5.32. The maximum atomic E-state index is 5.32. The van der Waals surface area contributed by atoms with Crippen molar-refractivity contribution in [3.05, 3.63) is 0 Å². The van der Waals surface area contributed by atoms with E-state index in [1.54, 1.807) is 0 Å². The molecular formula is C4H8BBr. The molecule has 0 spiro atoms. The average molecular weight is 147 g/mol. The number of halogens is 1. The monoisotopic (exact) mass is 146 g/mol. The summed E-state index contributed by atoms with van der Waals surface area (Å²) in [4.78, 5) is 0. The predicted octanol–water partition coefficient (Wildman–Crippen LogP) is 1.68. The Morgan fingerprint density at radius 3 is 2.33 bits per heavy atom. The van der Waals surface area contributed by atoms with Crippen LogP contribution in [0.4, 0.5) is 0 Å². The van der Waals surface area contributed by atoms with Gasteiger partial charge in [-0.2, -0.15) is 0 Å². The van der Waals surface area contributed by atoms with E-state index in [0.29, 0.717) is 0 Å². The van der Waals surface area contributed by atoms with Gasteiger partial charge < -0.3 is 0 Å². The largest absolute Gasteiger partial charge is 0.0996 e. The molecule has 0 bridgehead atoms. The zero-order valence-electron chi connectivity index (χ0n) is 3.95. The Balaban J connectivity index is 2.63. The van der Waals surface area contributed by atoms with E-state index in [4.69, 9.17) is 7.85 Å². The molecule has 0 aliphatic rings. The Kier molecular flexibility index (Phi) is 4.06. The van der Waals surface area contributed by atoms with Crippen LogP contribution in [0.3, 0.4) is 0 Å². The van der Waals surface area contributed by atoms with Crippen molar-refractivity contribution in [3.63, 3.8) is 0 Å². The van der Waals surface area contributed by atoms with Gasteiger partial charge in [0.15, 0.2) is 0 Å². The van der Waals surface area contributed by atoms with Crippen molar-refractivity contribution in [2.75, 3.05) is 0 Å². The lowest BCUT2D eigenvalue weighted by atomic mass is 10.0. The van der Waals surface area contributed by atoms with Crippen LogP contribution >= 0.6 is 15.9 Å². The smallest absolute Gasteiger partial charge is 0.0854 e. The minimum Gasteiger partial charge on any atom is -0.0996 e. The van der Waals surface area contributed by atoms with Gasteiger partial charge in [0, 0.05) is 0 Å². The average Bonchev–Trinajstić information content (AvgIpc) is 1.35. The highest BCUT2D eigenvalue weighted by Crippen LogP contribution is 2.00. The van der Waals surface area contributed by atoms with E-state index in [1.165, 1.54) is 0 Å². The molecule has 1 atom stereocenters. The number of rotatable bonds is 2. The molecule has 2 radical (unpaired) electrons. The van der Waals surface area contributed by atoms with Crippen molar-refractivity contribution in [1.82, 2.24) is 0 Å². The highest BCUT2D eigenvalue weighted by Gasteiger charge is 1.87.